The summed E-state index contributed by atoms with van der Waals surface area (Å²) in [6.45, 7) is 6.33. The number of likely N-dealkylation sites (tertiary alicyclic amines) is 1. The highest BCUT2D eigenvalue weighted by Gasteiger charge is 2.64. The number of benzene rings is 1. The van der Waals surface area contributed by atoms with Gasteiger partial charge in [-0.1, -0.05) is 32.9 Å². The number of aliphatic hydroxyl groups excluding tert-OH is 1. The molecule has 1 aromatic carbocycles. The molecule has 1 N–H and O–H groups in total. The van der Waals surface area contributed by atoms with Crippen LogP contribution in [0, 0.1) is 16.7 Å². The van der Waals surface area contributed by atoms with Crippen molar-refractivity contribution < 1.29 is 14.7 Å². The van der Waals surface area contributed by atoms with Gasteiger partial charge in [0.1, 0.15) is 0 Å². The van der Waals surface area contributed by atoms with E-state index in [1.165, 1.54) is 4.90 Å². The Hall–Kier alpha value is -2.21. The third kappa shape index (κ3) is 2.24. The molecule has 2 aliphatic rings. The van der Waals surface area contributed by atoms with E-state index in [4.69, 9.17) is 0 Å². The summed E-state index contributed by atoms with van der Waals surface area (Å²) in [6, 6.07) is 7.69. The minimum atomic E-state index is -0.829. The van der Waals surface area contributed by atoms with Gasteiger partial charge in [-0.25, -0.2) is 4.98 Å². The Morgan fingerprint density at radius 2 is 1.96 bits per heavy atom. The van der Waals surface area contributed by atoms with Crippen LogP contribution in [0.25, 0.3) is 11.0 Å². The second-order valence-electron chi connectivity index (χ2n) is 8.44. The number of hydrogen-bond donors (Lipinski definition) is 1. The molecule has 0 radical (unpaired) electrons. The monoisotopic (exact) mass is 355 g/mol. The normalized spacial score (nSPS) is 28.8. The molecule has 2 fully saturated rings. The van der Waals surface area contributed by atoms with E-state index in [-0.39, 0.29) is 29.7 Å². The Labute approximate surface area is 152 Å². The highest BCUT2D eigenvalue weighted by atomic mass is 16.3. The van der Waals surface area contributed by atoms with Gasteiger partial charge in [0.25, 0.3) is 0 Å². The molecule has 6 heteroatoms. The summed E-state index contributed by atoms with van der Waals surface area (Å²) in [5.74, 6) is -0.424. The zero-order valence-electron chi connectivity index (χ0n) is 15.5. The van der Waals surface area contributed by atoms with Crippen molar-refractivity contribution in [2.24, 2.45) is 16.7 Å². The number of hydrogen-bond acceptors (Lipinski definition) is 4. The van der Waals surface area contributed by atoms with Crippen molar-refractivity contribution in [1.29, 1.82) is 0 Å². The van der Waals surface area contributed by atoms with E-state index < -0.39 is 11.5 Å². The molecule has 2 bridgehead atoms. The smallest absolute Gasteiger partial charge is 0.235 e. The number of imide groups is 1. The highest BCUT2D eigenvalue weighted by Crippen LogP contribution is 2.60. The number of carbonyl (C=O) groups excluding carboxylic acids is 2. The molecule has 0 spiro atoms. The molecule has 1 aliphatic heterocycles. The molecule has 138 valence electrons. The van der Waals surface area contributed by atoms with Gasteiger partial charge in [0, 0.05) is 5.92 Å². The fourth-order valence-corrected chi connectivity index (χ4v) is 4.73. The summed E-state index contributed by atoms with van der Waals surface area (Å²) in [7, 11) is 0. The van der Waals surface area contributed by atoms with E-state index in [0.29, 0.717) is 6.54 Å². The van der Waals surface area contributed by atoms with Crippen molar-refractivity contribution in [3.63, 3.8) is 0 Å². The number of carbonyl (C=O) groups is 2. The fraction of sp³-hybridized carbons (Fsp3) is 0.550. The van der Waals surface area contributed by atoms with Gasteiger partial charge in [-0.05, 0) is 30.4 Å². The average molecular weight is 355 g/mol. The number of rotatable bonds is 4. The van der Waals surface area contributed by atoms with Crippen LogP contribution < -0.4 is 0 Å². The Morgan fingerprint density at radius 1 is 1.23 bits per heavy atom. The van der Waals surface area contributed by atoms with Crippen LogP contribution in [0.5, 0.6) is 0 Å². The maximum absolute atomic E-state index is 13.1. The van der Waals surface area contributed by atoms with E-state index in [2.05, 4.69) is 4.98 Å². The molecule has 6 nitrogen and oxygen atoms in total. The maximum Gasteiger partial charge on any atom is 0.235 e. The first-order valence-electron chi connectivity index (χ1n) is 9.19. The molecule has 4 rings (SSSR count). The Bertz CT molecular complexity index is 887. The van der Waals surface area contributed by atoms with Crippen LogP contribution in [0.1, 0.15) is 33.6 Å². The SMILES string of the molecule is CC1(C)[C@@H]2CC[C@]1(C)C(=O)N(C[C@@H](O)Cn1cnc3ccccc31)C2=O. The molecule has 1 aromatic heterocycles. The van der Waals surface area contributed by atoms with Crippen molar-refractivity contribution in [3.05, 3.63) is 30.6 Å². The summed E-state index contributed by atoms with van der Waals surface area (Å²) in [5.41, 5.74) is 0.920. The van der Waals surface area contributed by atoms with Crippen LogP contribution in [-0.2, 0) is 16.1 Å². The minimum absolute atomic E-state index is 0.0341. The number of aliphatic hydroxyl groups is 1. The zero-order valence-corrected chi connectivity index (χ0v) is 15.5. The van der Waals surface area contributed by atoms with Crippen LogP contribution >= 0.6 is 0 Å². The molecule has 26 heavy (non-hydrogen) atoms. The quantitative estimate of drug-likeness (QED) is 0.853. The maximum atomic E-state index is 13.1. The zero-order chi connectivity index (χ0) is 18.7. The second-order valence-corrected chi connectivity index (χ2v) is 8.44. The third-order valence-corrected chi connectivity index (χ3v) is 6.84. The molecule has 1 saturated heterocycles. The predicted octanol–water partition coefficient (Wildman–Crippen LogP) is 2.21. The van der Waals surface area contributed by atoms with Gasteiger partial charge in [-0.15, -0.1) is 0 Å². The number of piperidine rings is 1. The molecular formula is C20H25N3O3. The molecule has 2 aromatic rings. The summed E-state index contributed by atoms with van der Waals surface area (Å²) in [5, 5.41) is 10.6. The minimum Gasteiger partial charge on any atom is -0.389 e. The molecule has 3 atom stereocenters. The van der Waals surface area contributed by atoms with Gasteiger partial charge in [-0.3, -0.25) is 14.5 Å². The average Bonchev–Trinajstić information content (AvgIpc) is 3.08. The number of aromatic nitrogens is 2. The highest BCUT2D eigenvalue weighted by molar-refractivity contribution is 6.03. The lowest BCUT2D eigenvalue weighted by atomic mass is 9.62. The topological polar surface area (TPSA) is 75.4 Å². The Kier molecular flexibility index (Phi) is 3.74. The van der Waals surface area contributed by atoms with E-state index >= 15 is 0 Å². The number of nitrogens with zero attached hydrogens (tertiary/aromatic N) is 3. The van der Waals surface area contributed by atoms with Crippen molar-refractivity contribution >= 4 is 22.8 Å². The fourth-order valence-electron chi connectivity index (χ4n) is 4.73. The number of fused-ring (bicyclic) bond motifs is 3. The van der Waals surface area contributed by atoms with E-state index in [1.54, 1.807) is 6.33 Å². The van der Waals surface area contributed by atoms with Crippen LogP contribution in [0.4, 0.5) is 0 Å². The second kappa shape index (κ2) is 5.64. The summed E-state index contributed by atoms with van der Waals surface area (Å²) in [4.78, 5) is 31.5. The lowest BCUT2D eigenvalue weighted by Gasteiger charge is -2.48. The molecule has 0 unspecified atom stereocenters. The van der Waals surface area contributed by atoms with Gasteiger partial charge >= 0.3 is 0 Å². The third-order valence-electron chi connectivity index (χ3n) is 6.84. The number of imidazole rings is 1. The summed E-state index contributed by atoms with van der Waals surface area (Å²) >= 11 is 0. The lowest BCUT2D eigenvalue weighted by Crippen LogP contribution is -2.60. The van der Waals surface area contributed by atoms with E-state index in [0.717, 1.165) is 23.9 Å². The molecular weight excluding hydrogens is 330 g/mol. The van der Waals surface area contributed by atoms with E-state index in [9.17, 15) is 14.7 Å². The summed E-state index contributed by atoms with van der Waals surface area (Å²) in [6.07, 6.45) is 2.33. The number of para-hydroxylation sites is 2. The largest absolute Gasteiger partial charge is 0.389 e. The van der Waals surface area contributed by atoms with Crippen LogP contribution in [0.3, 0.4) is 0 Å². The van der Waals surface area contributed by atoms with Gasteiger partial charge in [-0.2, -0.15) is 0 Å². The first-order valence-corrected chi connectivity index (χ1v) is 9.19. The van der Waals surface area contributed by atoms with Gasteiger partial charge < -0.3 is 9.67 Å². The summed E-state index contributed by atoms with van der Waals surface area (Å²) < 4.78 is 1.86. The molecule has 1 aliphatic carbocycles. The molecule has 2 amide bonds. The van der Waals surface area contributed by atoms with Crippen LogP contribution in [-0.4, -0.2) is 44.0 Å². The predicted molar refractivity (Wildman–Crippen MR) is 97.1 cm³/mol. The molecule has 2 heterocycles. The van der Waals surface area contributed by atoms with Crippen molar-refractivity contribution in [2.75, 3.05) is 6.54 Å². The molecule has 1 saturated carbocycles. The first kappa shape index (κ1) is 17.2. The van der Waals surface area contributed by atoms with Crippen molar-refractivity contribution in [3.8, 4) is 0 Å². The van der Waals surface area contributed by atoms with E-state index in [1.807, 2.05) is 49.6 Å². The van der Waals surface area contributed by atoms with Crippen molar-refractivity contribution in [2.45, 2.75) is 46.3 Å². The number of β-amino-alcohol motifs (C(OH)–C–C–N with tert-alkyl or cyclic N) is 1. The lowest BCUT2D eigenvalue weighted by molar-refractivity contribution is -0.169. The number of amides is 2. The van der Waals surface area contributed by atoms with Crippen LogP contribution in [0.2, 0.25) is 0 Å². The standard InChI is InChI=1S/C20H25N3O3/c1-19(2)14-8-9-20(19,3)18(26)23(17(14)25)11-13(24)10-22-12-21-15-6-4-5-7-16(15)22/h4-7,12-14,24H,8-11H2,1-3H3/t13-,14+,20+/m0/s1. The first-order chi connectivity index (χ1) is 12.3. The van der Waals surface area contributed by atoms with Crippen molar-refractivity contribution in [1.82, 2.24) is 14.5 Å². The van der Waals surface area contributed by atoms with Gasteiger partial charge in [0.05, 0.1) is 42.0 Å². The van der Waals surface area contributed by atoms with Gasteiger partial charge in [0.15, 0.2) is 0 Å². The Morgan fingerprint density at radius 3 is 2.73 bits per heavy atom. The van der Waals surface area contributed by atoms with Crippen LogP contribution in [0.15, 0.2) is 30.6 Å². The van der Waals surface area contributed by atoms with Gasteiger partial charge in [0.2, 0.25) is 11.8 Å². The Balaban J connectivity index is 1.54.